The Morgan fingerprint density at radius 1 is 1.35 bits per heavy atom. The minimum Gasteiger partial charge on any atom is -0.481 e. The summed E-state index contributed by atoms with van der Waals surface area (Å²) in [6.45, 7) is 3.77. The molecular formula is C15H17N3O2. The quantitative estimate of drug-likeness (QED) is 0.874. The highest BCUT2D eigenvalue weighted by molar-refractivity contribution is 5.67. The maximum absolute atomic E-state index is 10.6. The van der Waals surface area contributed by atoms with Gasteiger partial charge in [-0.1, -0.05) is 12.1 Å². The van der Waals surface area contributed by atoms with Crippen molar-refractivity contribution in [3.63, 3.8) is 0 Å². The van der Waals surface area contributed by atoms with E-state index >= 15 is 0 Å². The summed E-state index contributed by atoms with van der Waals surface area (Å²) in [5.41, 5.74) is 3.63. The van der Waals surface area contributed by atoms with Gasteiger partial charge < -0.3 is 10.4 Å². The molecule has 0 aliphatic rings. The van der Waals surface area contributed by atoms with Crippen molar-refractivity contribution in [3.05, 3.63) is 47.5 Å². The first-order chi connectivity index (χ1) is 9.54. The number of hydrogen-bond donors (Lipinski definition) is 2. The van der Waals surface area contributed by atoms with E-state index in [9.17, 15) is 4.79 Å². The van der Waals surface area contributed by atoms with Crippen molar-refractivity contribution in [2.24, 2.45) is 0 Å². The third-order valence-corrected chi connectivity index (χ3v) is 2.93. The summed E-state index contributed by atoms with van der Waals surface area (Å²) in [5, 5.41) is 12.0. The lowest BCUT2D eigenvalue weighted by molar-refractivity contribution is -0.136. The zero-order valence-electron chi connectivity index (χ0n) is 11.6. The van der Waals surface area contributed by atoms with Crippen molar-refractivity contribution in [3.8, 4) is 0 Å². The molecule has 5 heteroatoms. The van der Waals surface area contributed by atoms with E-state index in [1.54, 1.807) is 6.20 Å². The van der Waals surface area contributed by atoms with Crippen LogP contribution in [0, 0.1) is 13.8 Å². The topological polar surface area (TPSA) is 75.1 Å². The van der Waals surface area contributed by atoms with Crippen molar-refractivity contribution in [2.75, 3.05) is 5.32 Å². The van der Waals surface area contributed by atoms with E-state index in [4.69, 9.17) is 5.11 Å². The molecule has 0 radical (unpaired) electrons. The molecule has 5 nitrogen and oxygen atoms in total. The van der Waals surface area contributed by atoms with E-state index in [1.165, 1.54) is 0 Å². The van der Waals surface area contributed by atoms with Crippen LogP contribution in [-0.2, 0) is 11.2 Å². The lowest BCUT2D eigenvalue weighted by Gasteiger charge is -2.10. The minimum absolute atomic E-state index is 0.135. The van der Waals surface area contributed by atoms with Crippen molar-refractivity contribution in [1.82, 2.24) is 9.97 Å². The molecule has 2 N–H and O–H groups in total. The molecule has 0 amide bonds. The van der Waals surface area contributed by atoms with Crippen molar-refractivity contribution < 1.29 is 9.90 Å². The molecule has 0 saturated heterocycles. The van der Waals surface area contributed by atoms with Gasteiger partial charge in [-0.05, 0) is 38.0 Å². The van der Waals surface area contributed by atoms with E-state index in [-0.39, 0.29) is 6.42 Å². The van der Waals surface area contributed by atoms with Gasteiger partial charge in [-0.3, -0.25) is 4.79 Å². The Hall–Kier alpha value is -2.43. The summed E-state index contributed by atoms with van der Waals surface area (Å²) >= 11 is 0. The molecule has 0 saturated carbocycles. The molecule has 0 unspecified atom stereocenters. The van der Waals surface area contributed by atoms with Crippen LogP contribution in [0.1, 0.15) is 23.5 Å². The van der Waals surface area contributed by atoms with E-state index in [1.807, 2.05) is 38.1 Å². The molecule has 0 aliphatic carbocycles. The number of rotatable bonds is 5. The molecule has 1 heterocycles. The SMILES string of the molecule is Cc1ncc(Nc2cccc(CCC(=O)O)c2)c(C)n1. The predicted octanol–water partition coefficient (Wildman–Crippen LogP) is 2.85. The molecule has 0 atom stereocenters. The Kier molecular flexibility index (Phi) is 4.30. The second-order valence-electron chi connectivity index (χ2n) is 4.64. The summed E-state index contributed by atoms with van der Waals surface area (Å²) in [6.07, 6.45) is 2.41. The fraction of sp³-hybridized carbons (Fsp3) is 0.267. The second-order valence-corrected chi connectivity index (χ2v) is 4.64. The van der Waals surface area contributed by atoms with Crippen LogP contribution in [0.15, 0.2) is 30.5 Å². The largest absolute Gasteiger partial charge is 0.481 e. The number of nitrogens with zero attached hydrogens (tertiary/aromatic N) is 2. The molecular weight excluding hydrogens is 254 g/mol. The smallest absolute Gasteiger partial charge is 0.303 e. The van der Waals surface area contributed by atoms with Crippen LogP contribution in [0.5, 0.6) is 0 Å². The highest BCUT2D eigenvalue weighted by Crippen LogP contribution is 2.20. The number of nitrogens with one attached hydrogen (secondary N) is 1. The highest BCUT2D eigenvalue weighted by atomic mass is 16.4. The molecule has 104 valence electrons. The lowest BCUT2D eigenvalue weighted by atomic mass is 10.1. The number of aryl methyl sites for hydroxylation is 3. The van der Waals surface area contributed by atoms with Crippen molar-refractivity contribution >= 4 is 17.3 Å². The average molecular weight is 271 g/mol. The third-order valence-electron chi connectivity index (χ3n) is 2.93. The third kappa shape index (κ3) is 3.78. The first kappa shape index (κ1) is 14.0. The number of carboxylic acid groups (broad SMARTS) is 1. The molecule has 20 heavy (non-hydrogen) atoms. The molecule has 0 spiro atoms. The highest BCUT2D eigenvalue weighted by Gasteiger charge is 2.03. The number of hydrogen-bond acceptors (Lipinski definition) is 4. The van der Waals surface area contributed by atoms with Crippen LogP contribution in [-0.4, -0.2) is 21.0 Å². The Bertz CT molecular complexity index is 626. The van der Waals surface area contributed by atoms with Crippen LogP contribution in [0.3, 0.4) is 0 Å². The maximum Gasteiger partial charge on any atom is 0.303 e. The number of aliphatic carboxylic acids is 1. The molecule has 1 aromatic carbocycles. The first-order valence-corrected chi connectivity index (χ1v) is 6.42. The summed E-state index contributed by atoms with van der Waals surface area (Å²) in [6, 6.07) is 7.71. The van der Waals surface area contributed by atoms with Crippen LogP contribution >= 0.6 is 0 Å². The van der Waals surface area contributed by atoms with Gasteiger partial charge >= 0.3 is 5.97 Å². The van der Waals surface area contributed by atoms with Gasteiger partial charge in [0.15, 0.2) is 0 Å². The summed E-state index contributed by atoms with van der Waals surface area (Å²) in [7, 11) is 0. The number of aromatic nitrogens is 2. The van der Waals surface area contributed by atoms with Crippen LogP contribution in [0.25, 0.3) is 0 Å². The first-order valence-electron chi connectivity index (χ1n) is 6.42. The van der Waals surface area contributed by atoms with Crippen molar-refractivity contribution in [2.45, 2.75) is 26.7 Å². The van der Waals surface area contributed by atoms with Gasteiger partial charge in [0.1, 0.15) is 5.82 Å². The molecule has 0 aliphatic heterocycles. The van der Waals surface area contributed by atoms with E-state index < -0.39 is 5.97 Å². The van der Waals surface area contributed by atoms with Gasteiger partial charge in [0.2, 0.25) is 0 Å². The van der Waals surface area contributed by atoms with Crippen LogP contribution < -0.4 is 5.32 Å². The lowest BCUT2D eigenvalue weighted by Crippen LogP contribution is -2.00. The Balaban J connectivity index is 2.13. The number of carboxylic acids is 1. The van der Waals surface area contributed by atoms with Gasteiger partial charge in [0.05, 0.1) is 17.6 Å². The summed E-state index contributed by atoms with van der Waals surface area (Å²) < 4.78 is 0. The van der Waals surface area contributed by atoms with Gasteiger partial charge in [0, 0.05) is 12.1 Å². The standard InChI is InChI=1S/C15H17N3O2/c1-10-14(9-16-11(2)17-10)18-13-5-3-4-12(8-13)6-7-15(19)20/h3-5,8-9,18H,6-7H2,1-2H3,(H,19,20). The molecule has 2 aromatic rings. The summed E-state index contributed by atoms with van der Waals surface area (Å²) in [4.78, 5) is 19.1. The minimum atomic E-state index is -0.786. The van der Waals surface area contributed by atoms with Crippen LogP contribution in [0.2, 0.25) is 0 Å². The molecule has 1 aromatic heterocycles. The number of carbonyl (C=O) groups is 1. The fourth-order valence-corrected chi connectivity index (χ4v) is 1.92. The monoisotopic (exact) mass is 271 g/mol. The molecule has 0 fully saturated rings. The van der Waals surface area contributed by atoms with Gasteiger partial charge in [0.25, 0.3) is 0 Å². The molecule has 0 bridgehead atoms. The fourth-order valence-electron chi connectivity index (χ4n) is 1.92. The normalized spacial score (nSPS) is 10.3. The van der Waals surface area contributed by atoms with E-state index in [0.717, 1.165) is 28.5 Å². The van der Waals surface area contributed by atoms with Gasteiger partial charge in [-0.25, -0.2) is 9.97 Å². The maximum atomic E-state index is 10.6. The van der Waals surface area contributed by atoms with Crippen LogP contribution in [0.4, 0.5) is 11.4 Å². The molecule has 2 rings (SSSR count). The van der Waals surface area contributed by atoms with E-state index in [2.05, 4.69) is 15.3 Å². The van der Waals surface area contributed by atoms with Crippen molar-refractivity contribution in [1.29, 1.82) is 0 Å². The predicted molar refractivity (Wildman–Crippen MR) is 77.2 cm³/mol. The van der Waals surface area contributed by atoms with Gasteiger partial charge in [-0.2, -0.15) is 0 Å². The average Bonchev–Trinajstić information content (AvgIpc) is 2.40. The Morgan fingerprint density at radius 3 is 2.85 bits per heavy atom. The Labute approximate surface area is 117 Å². The van der Waals surface area contributed by atoms with E-state index in [0.29, 0.717) is 6.42 Å². The number of anilines is 2. The zero-order valence-corrected chi connectivity index (χ0v) is 11.6. The number of benzene rings is 1. The van der Waals surface area contributed by atoms with Gasteiger partial charge in [-0.15, -0.1) is 0 Å². The Morgan fingerprint density at radius 2 is 2.15 bits per heavy atom. The summed E-state index contributed by atoms with van der Waals surface area (Å²) in [5.74, 6) is -0.0469. The zero-order chi connectivity index (χ0) is 14.5. The second kappa shape index (κ2) is 6.14.